The topological polar surface area (TPSA) is 34.1 Å². The van der Waals surface area contributed by atoms with Gasteiger partial charge in [-0.05, 0) is 66.9 Å². The number of carbonyl (C=O) groups is 2. The van der Waals surface area contributed by atoms with Gasteiger partial charge in [0.05, 0.1) is 0 Å². The van der Waals surface area contributed by atoms with Crippen LogP contribution in [0.3, 0.4) is 0 Å². The van der Waals surface area contributed by atoms with Gasteiger partial charge in [-0.1, -0.05) is 66.7 Å². The second kappa shape index (κ2) is 5.37. The van der Waals surface area contributed by atoms with E-state index in [-0.39, 0.29) is 11.6 Å². The lowest BCUT2D eigenvalue weighted by Gasteiger charge is -2.18. The molecule has 5 aromatic rings. The van der Waals surface area contributed by atoms with E-state index >= 15 is 0 Å². The van der Waals surface area contributed by atoms with Gasteiger partial charge in [-0.25, -0.2) is 0 Å². The largest absolute Gasteiger partial charge is 0.290 e. The first-order valence-corrected chi connectivity index (χ1v) is 9.29. The van der Waals surface area contributed by atoms with Crippen molar-refractivity contribution in [2.45, 2.75) is 0 Å². The summed E-state index contributed by atoms with van der Waals surface area (Å²) in [4.78, 5) is 24.6. The first-order chi connectivity index (χ1) is 13.7. The lowest BCUT2D eigenvalue weighted by Crippen LogP contribution is -2.07. The minimum absolute atomic E-state index is 0.126. The summed E-state index contributed by atoms with van der Waals surface area (Å²) in [7, 11) is 0. The maximum atomic E-state index is 12.6. The summed E-state index contributed by atoms with van der Waals surface area (Å²) in [5.41, 5.74) is 1.29. The van der Waals surface area contributed by atoms with Gasteiger partial charge < -0.3 is 0 Å². The molecule has 1 aliphatic carbocycles. The Labute approximate surface area is 160 Å². The molecule has 0 aromatic heterocycles. The Morgan fingerprint density at radius 1 is 0.536 bits per heavy atom. The van der Waals surface area contributed by atoms with Crippen molar-refractivity contribution >= 4 is 60.2 Å². The molecular weight excluding hydrogens is 344 g/mol. The molecule has 0 N–H and O–H groups in total. The molecule has 0 radical (unpaired) electrons. The monoisotopic (exact) mass is 358 g/mol. The van der Waals surface area contributed by atoms with Gasteiger partial charge in [0.1, 0.15) is 0 Å². The maximum Gasteiger partial charge on any atom is 0.186 e. The van der Waals surface area contributed by atoms with Crippen molar-refractivity contribution in [1.82, 2.24) is 0 Å². The number of hydrogen-bond donors (Lipinski definition) is 0. The summed E-state index contributed by atoms with van der Waals surface area (Å²) >= 11 is 0. The molecule has 2 nitrogen and oxygen atoms in total. The van der Waals surface area contributed by atoms with Gasteiger partial charge in [-0.3, -0.25) is 9.59 Å². The molecule has 28 heavy (non-hydrogen) atoms. The van der Waals surface area contributed by atoms with Gasteiger partial charge >= 0.3 is 0 Å². The predicted molar refractivity (Wildman–Crippen MR) is 115 cm³/mol. The number of allylic oxidation sites excluding steroid dienone is 4. The second-order valence-electron chi connectivity index (χ2n) is 7.26. The fraction of sp³-hybridized carbons (Fsp3) is 0. The van der Waals surface area contributed by atoms with Crippen LogP contribution in [0.15, 0.2) is 85.0 Å². The summed E-state index contributed by atoms with van der Waals surface area (Å²) in [6, 6.07) is 23.0. The summed E-state index contributed by atoms with van der Waals surface area (Å²) in [6.07, 6.45) is 4.17. The molecule has 0 amide bonds. The average Bonchev–Trinajstić information content (AvgIpc) is 2.73. The minimum Gasteiger partial charge on any atom is -0.290 e. The van der Waals surface area contributed by atoms with Crippen LogP contribution in [0, 0.1) is 0 Å². The molecule has 0 bridgehead atoms. The molecule has 0 fully saturated rings. The van der Waals surface area contributed by atoms with Crippen LogP contribution in [-0.2, 0) is 9.59 Å². The Hall–Kier alpha value is -3.78. The third-order valence-corrected chi connectivity index (χ3v) is 5.75. The molecule has 1 aliphatic rings. The molecule has 5 aromatic carbocycles. The van der Waals surface area contributed by atoms with Gasteiger partial charge in [0, 0.05) is 5.57 Å². The first-order valence-electron chi connectivity index (χ1n) is 9.29. The van der Waals surface area contributed by atoms with Crippen molar-refractivity contribution in [1.29, 1.82) is 0 Å². The fourth-order valence-corrected chi connectivity index (χ4v) is 4.60. The zero-order valence-corrected chi connectivity index (χ0v) is 14.9. The van der Waals surface area contributed by atoms with Gasteiger partial charge in [0.2, 0.25) is 0 Å². The van der Waals surface area contributed by atoms with E-state index in [0.717, 1.165) is 27.1 Å². The minimum atomic E-state index is -0.149. The van der Waals surface area contributed by atoms with Crippen molar-refractivity contribution in [3.63, 3.8) is 0 Å². The van der Waals surface area contributed by atoms with Crippen LogP contribution in [-0.4, -0.2) is 11.6 Å². The highest BCUT2D eigenvalue weighted by molar-refractivity contribution is 6.40. The SMILES string of the molecule is O=C1C=CC(=O)C(c2ccc3cccc4c5cccc6cccc(c2c34)c65)=C1. The molecule has 0 spiro atoms. The third-order valence-electron chi connectivity index (χ3n) is 5.75. The second-order valence-corrected chi connectivity index (χ2v) is 7.26. The van der Waals surface area contributed by atoms with Gasteiger partial charge in [0.15, 0.2) is 11.6 Å². The summed E-state index contributed by atoms with van der Waals surface area (Å²) in [5, 5.41) is 9.18. The molecule has 0 saturated carbocycles. The van der Waals surface area contributed by atoms with E-state index < -0.39 is 0 Å². The van der Waals surface area contributed by atoms with Crippen LogP contribution < -0.4 is 0 Å². The maximum absolute atomic E-state index is 12.6. The highest BCUT2D eigenvalue weighted by atomic mass is 16.1. The number of rotatable bonds is 1. The molecular formula is C26H14O2. The summed E-state index contributed by atoms with van der Waals surface area (Å²) < 4.78 is 0. The quantitative estimate of drug-likeness (QED) is 0.215. The van der Waals surface area contributed by atoms with Crippen LogP contribution in [0.25, 0.3) is 48.7 Å². The Balaban J connectivity index is 1.92. The Bertz CT molecular complexity index is 1530. The molecule has 0 heterocycles. The number of ketones is 2. The van der Waals surface area contributed by atoms with E-state index in [1.54, 1.807) is 0 Å². The predicted octanol–water partition coefficient (Wildman–Crippen LogP) is 5.83. The van der Waals surface area contributed by atoms with Crippen LogP contribution in [0.4, 0.5) is 0 Å². The average molecular weight is 358 g/mol. The van der Waals surface area contributed by atoms with Crippen molar-refractivity contribution in [3.05, 3.63) is 90.5 Å². The van der Waals surface area contributed by atoms with Crippen molar-refractivity contribution in [2.24, 2.45) is 0 Å². The summed E-state index contributed by atoms with van der Waals surface area (Å²) in [6.45, 7) is 0. The van der Waals surface area contributed by atoms with Crippen molar-refractivity contribution in [2.75, 3.05) is 0 Å². The van der Waals surface area contributed by atoms with E-state index in [0.29, 0.717) is 5.57 Å². The zero-order valence-electron chi connectivity index (χ0n) is 14.9. The van der Waals surface area contributed by atoms with Gasteiger partial charge in [-0.15, -0.1) is 0 Å². The van der Waals surface area contributed by atoms with E-state index in [1.807, 2.05) is 12.1 Å². The first kappa shape index (κ1) is 15.3. The molecule has 130 valence electrons. The normalized spacial score (nSPS) is 14.6. The molecule has 0 aliphatic heterocycles. The van der Waals surface area contributed by atoms with Gasteiger partial charge in [-0.2, -0.15) is 0 Å². The number of fused-ring (bicyclic) bond motifs is 2. The van der Waals surface area contributed by atoms with Crippen molar-refractivity contribution < 1.29 is 9.59 Å². The highest BCUT2D eigenvalue weighted by Crippen LogP contribution is 2.43. The van der Waals surface area contributed by atoms with E-state index in [9.17, 15) is 9.59 Å². The van der Waals surface area contributed by atoms with Crippen LogP contribution in [0.1, 0.15) is 5.56 Å². The Morgan fingerprint density at radius 2 is 1.18 bits per heavy atom. The lowest BCUT2D eigenvalue weighted by molar-refractivity contribution is -0.113. The fourth-order valence-electron chi connectivity index (χ4n) is 4.60. The molecule has 0 atom stereocenters. The summed E-state index contributed by atoms with van der Waals surface area (Å²) in [5.74, 6) is -0.275. The van der Waals surface area contributed by atoms with Crippen molar-refractivity contribution in [3.8, 4) is 0 Å². The lowest BCUT2D eigenvalue weighted by atomic mass is 9.84. The zero-order chi connectivity index (χ0) is 18.8. The molecule has 0 saturated heterocycles. The highest BCUT2D eigenvalue weighted by Gasteiger charge is 2.21. The van der Waals surface area contributed by atoms with E-state index in [2.05, 4.69) is 54.6 Å². The molecule has 2 heteroatoms. The standard InChI is InChI=1S/C26H14O2/c27-17-11-13-23(28)22(14-17)20-12-10-16-6-2-8-19-18-7-1-4-15-5-3-9-21(24(15)18)26(20)25(16)19/h1-14H. The smallest absolute Gasteiger partial charge is 0.186 e. The Kier molecular flexibility index (Phi) is 2.93. The third kappa shape index (κ3) is 1.92. The molecule has 0 unspecified atom stereocenters. The number of carbonyl (C=O) groups excluding carboxylic acids is 2. The van der Waals surface area contributed by atoms with E-state index in [4.69, 9.17) is 0 Å². The van der Waals surface area contributed by atoms with Crippen LogP contribution >= 0.6 is 0 Å². The Morgan fingerprint density at radius 3 is 1.93 bits per heavy atom. The molecule has 6 rings (SSSR count). The number of benzene rings is 5. The van der Waals surface area contributed by atoms with Gasteiger partial charge in [0.25, 0.3) is 0 Å². The number of hydrogen-bond acceptors (Lipinski definition) is 2. The van der Waals surface area contributed by atoms with Crippen LogP contribution in [0.5, 0.6) is 0 Å². The van der Waals surface area contributed by atoms with E-state index in [1.165, 1.54) is 39.8 Å². The van der Waals surface area contributed by atoms with Crippen LogP contribution in [0.2, 0.25) is 0 Å².